The molecule has 22 heavy (non-hydrogen) atoms. The number of esters is 1. The maximum Gasteiger partial charge on any atom is 0.338 e. The minimum atomic E-state index is -0.494. The van der Waals surface area contributed by atoms with Crippen molar-refractivity contribution < 1.29 is 14.6 Å². The van der Waals surface area contributed by atoms with Crippen molar-refractivity contribution in [2.75, 3.05) is 0 Å². The summed E-state index contributed by atoms with van der Waals surface area (Å²) in [6, 6.07) is 13.3. The molecule has 116 valence electrons. The molecule has 0 atom stereocenters. The standard InChI is InChI=1S/C19H22O3/c1-13-11-14(12-20)5-10-17(13)15-6-8-16(9-7-15)18(21)22-19(2,3)4/h5-11,20H,12H2,1-4H3. The number of hydrogen-bond acceptors (Lipinski definition) is 3. The summed E-state index contributed by atoms with van der Waals surface area (Å²) in [6.07, 6.45) is 0. The molecule has 0 radical (unpaired) electrons. The molecule has 0 amide bonds. The third-order valence-electron chi connectivity index (χ3n) is 3.30. The van der Waals surface area contributed by atoms with Crippen molar-refractivity contribution >= 4 is 5.97 Å². The summed E-state index contributed by atoms with van der Waals surface area (Å²) < 4.78 is 5.36. The lowest BCUT2D eigenvalue weighted by molar-refractivity contribution is 0.00696. The fraction of sp³-hybridized carbons (Fsp3) is 0.316. The number of hydrogen-bond donors (Lipinski definition) is 1. The van der Waals surface area contributed by atoms with Gasteiger partial charge >= 0.3 is 5.97 Å². The van der Waals surface area contributed by atoms with Crippen LogP contribution in [0.5, 0.6) is 0 Å². The predicted molar refractivity (Wildman–Crippen MR) is 87.7 cm³/mol. The van der Waals surface area contributed by atoms with Crippen LogP contribution in [0, 0.1) is 6.92 Å². The van der Waals surface area contributed by atoms with Gasteiger partial charge in [-0.05, 0) is 62.1 Å². The molecular formula is C19H22O3. The summed E-state index contributed by atoms with van der Waals surface area (Å²) in [5.74, 6) is -0.314. The van der Waals surface area contributed by atoms with Crippen molar-refractivity contribution in [1.29, 1.82) is 0 Å². The molecule has 0 saturated carbocycles. The van der Waals surface area contributed by atoms with Crippen LogP contribution in [0.2, 0.25) is 0 Å². The minimum Gasteiger partial charge on any atom is -0.456 e. The highest BCUT2D eigenvalue weighted by Crippen LogP contribution is 2.25. The molecule has 0 heterocycles. The van der Waals surface area contributed by atoms with Gasteiger partial charge in [-0.25, -0.2) is 4.79 Å². The monoisotopic (exact) mass is 298 g/mol. The SMILES string of the molecule is Cc1cc(CO)ccc1-c1ccc(C(=O)OC(C)(C)C)cc1. The molecule has 0 aliphatic carbocycles. The van der Waals surface area contributed by atoms with E-state index in [0.717, 1.165) is 22.3 Å². The summed E-state index contributed by atoms with van der Waals surface area (Å²) in [5, 5.41) is 9.16. The van der Waals surface area contributed by atoms with Crippen LogP contribution in [0.25, 0.3) is 11.1 Å². The highest BCUT2D eigenvalue weighted by molar-refractivity contribution is 5.90. The number of ether oxygens (including phenoxy) is 1. The zero-order valence-electron chi connectivity index (χ0n) is 13.5. The first kappa shape index (κ1) is 16.2. The summed E-state index contributed by atoms with van der Waals surface area (Å²) in [7, 11) is 0. The van der Waals surface area contributed by atoms with Gasteiger partial charge in [0, 0.05) is 0 Å². The highest BCUT2D eigenvalue weighted by atomic mass is 16.6. The molecule has 2 aromatic carbocycles. The first-order valence-electron chi connectivity index (χ1n) is 7.34. The largest absolute Gasteiger partial charge is 0.456 e. The molecule has 0 aliphatic heterocycles. The Morgan fingerprint density at radius 2 is 1.73 bits per heavy atom. The molecule has 0 unspecified atom stereocenters. The Bertz CT molecular complexity index is 664. The Morgan fingerprint density at radius 3 is 2.23 bits per heavy atom. The average molecular weight is 298 g/mol. The second-order valence-corrected chi connectivity index (χ2v) is 6.39. The van der Waals surface area contributed by atoms with Gasteiger partial charge in [-0.15, -0.1) is 0 Å². The van der Waals surface area contributed by atoms with Crippen LogP contribution in [0.3, 0.4) is 0 Å². The van der Waals surface area contributed by atoms with Gasteiger partial charge in [0.15, 0.2) is 0 Å². The van der Waals surface area contributed by atoms with Crippen molar-refractivity contribution in [2.24, 2.45) is 0 Å². The molecule has 0 saturated heterocycles. The Kier molecular flexibility index (Phi) is 4.67. The maximum atomic E-state index is 12.0. The second kappa shape index (κ2) is 6.32. The van der Waals surface area contributed by atoms with E-state index in [0.29, 0.717) is 5.56 Å². The van der Waals surface area contributed by atoms with Crippen molar-refractivity contribution in [3.05, 3.63) is 59.2 Å². The number of carbonyl (C=O) groups is 1. The van der Waals surface area contributed by atoms with Crippen molar-refractivity contribution in [3.63, 3.8) is 0 Å². The van der Waals surface area contributed by atoms with Gasteiger partial charge in [-0.1, -0.05) is 30.3 Å². The molecule has 0 bridgehead atoms. The van der Waals surface area contributed by atoms with Gasteiger partial charge < -0.3 is 9.84 Å². The van der Waals surface area contributed by atoms with Gasteiger partial charge in [-0.3, -0.25) is 0 Å². The molecule has 2 aromatic rings. The summed E-state index contributed by atoms with van der Waals surface area (Å²) in [5.41, 5.74) is 4.17. The van der Waals surface area contributed by atoms with Crippen LogP contribution >= 0.6 is 0 Å². The van der Waals surface area contributed by atoms with E-state index in [9.17, 15) is 4.79 Å². The van der Waals surface area contributed by atoms with E-state index in [4.69, 9.17) is 9.84 Å². The lowest BCUT2D eigenvalue weighted by Gasteiger charge is -2.19. The van der Waals surface area contributed by atoms with Crippen LogP contribution in [-0.2, 0) is 11.3 Å². The number of benzene rings is 2. The fourth-order valence-electron chi connectivity index (χ4n) is 2.27. The third kappa shape index (κ3) is 3.95. The van der Waals surface area contributed by atoms with Crippen LogP contribution in [0.1, 0.15) is 42.3 Å². The maximum absolute atomic E-state index is 12.0. The van der Waals surface area contributed by atoms with Crippen LogP contribution in [0.4, 0.5) is 0 Å². The average Bonchev–Trinajstić information content (AvgIpc) is 2.45. The number of aliphatic hydroxyl groups excluding tert-OH is 1. The smallest absolute Gasteiger partial charge is 0.338 e. The molecule has 1 N–H and O–H groups in total. The second-order valence-electron chi connectivity index (χ2n) is 6.39. The first-order chi connectivity index (χ1) is 10.3. The lowest BCUT2D eigenvalue weighted by atomic mass is 9.98. The van der Waals surface area contributed by atoms with E-state index >= 15 is 0 Å². The Hall–Kier alpha value is -2.13. The number of carbonyl (C=O) groups excluding carboxylic acids is 1. The van der Waals surface area contributed by atoms with E-state index in [1.807, 2.05) is 58.0 Å². The topological polar surface area (TPSA) is 46.5 Å². The summed E-state index contributed by atoms with van der Waals surface area (Å²) in [6.45, 7) is 7.61. The minimum absolute atomic E-state index is 0.0404. The lowest BCUT2D eigenvalue weighted by Crippen LogP contribution is -2.23. The molecular weight excluding hydrogens is 276 g/mol. The Morgan fingerprint density at radius 1 is 1.09 bits per heavy atom. The quantitative estimate of drug-likeness (QED) is 0.867. The highest BCUT2D eigenvalue weighted by Gasteiger charge is 2.17. The summed E-state index contributed by atoms with van der Waals surface area (Å²) in [4.78, 5) is 12.0. The molecule has 0 aliphatic rings. The van der Waals surface area contributed by atoms with Gasteiger partial charge in [0.1, 0.15) is 5.60 Å². The van der Waals surface area contributed by atoms with E-state index in [2.05, 4.69) is 0 Å². The van der Waals surface area contributed by atoms with Crippen LogP contribution in [-0.4, -0.2) is 16.7 Å². The normalized spacial score (nSPS) is 11.3. The number of aryl methyl sites for hydroxylation is 1. The van der Waals surface area contributed by atoms with Gasteiger partial charge in [0.2, 0.25) is 0 Å². The molecule has 0 aromatic heterocycles. The fourth-order valence-corrected chi connectivity index (χ4v) is 2.27. The zero-order valence-corrected chi connectivity index (χ0v) is 13.5. The third-order valence-corrected chi connectivity index (χ3v) is 3.30. The van der Waals surface area contributed by atoms with E-state index < -0.39 is 5.60 Å². The van der Waals surface area contributed by atoms with E-state index in [-0.39, 0.29) is 12.6 Å². The van der Waals surface area contributed by atoms with Gasteiger partial charge in [0.05, 0.1) is 12.2 Å². The summed E-state index contributed by atoms with van der Waals surface area (Å²) >= 11 is 0. The Labute approximate surface area is 131 Å². The number of aliphatic hydroxyl groups is 1. The molecule has 0 spiro atoms. The number of rotatable bonds is 3. The van der Waals surface area contributed by atoms with E-state index in [1.165, 1.54) is 0 Å². The molecule has 3 heteroatoms. The van der Waals surface area contributed by atoms with E-state index in [1.54, 1.807) is 12.1 Å². The van der Waals surface area contributed by atoms with Crippen molar-refractivity contribution in [3.8, 4) is 11.1 Å². The van der Waals surface area contributed by atoms with Crippen LogP contribution < -0.4 is 0 Å². The van der Waals surface area contributed by atoms with Gasteiger partial charge in [0.25, 0.3) is 0 Å². The van der Waals surface area contributed by atoms with Crippen molar-refractivity contribution in [1.82, 2.24) is 0 Å². The first-order valence-corrected chi connectivity index (χ1v) is 7.34. The van der Waals surface area contributed by atoms with Crippen LogP contribution in [0.15, 0.2) is 42.5 Å². The zero-order chi connectivity index (χ0) is 16.3. The predicted octanol–water partition coefficient (Wildman–Crippen LogP) is 4.11. The molecule has 2 rings (SSSR count). The Balaban J connectivity index is 2.24. The molecule has 0 fully saturated rings. The molecule has 3 nitrogen and oxygen atoms in total. The van der Waals surface area contributed by atoms with Gasteiger partial charge in [-0.2, -0.15) is 0 Å². The van der Waals surface area contributed by atoms with Crippen molar-refractivity contribution in [2.45, 2.75) is 39.9 Å².